The Labute approximate surface area is 180 Å². The fourth-order valence-electron chi connectivity index (χ4n) is 3.83. The van der Waals surface area contributed by atoms with Crippen LogP contribution in [0.2, 0.25) is 0 Å². The van der Waals surface area contributed by atoms with Gasteiger partial charge < -0.3 is 20.5 Å². The Hall–Kier alpha value is -1.28. The smallest absolute Gasteiger partial charge is 0.191 e. The molecule has 27 heavy (non-hydrogen) atoms. The molecule has 0 amide bonds. The predicted molar refractivity (Wildman–Crippen MR) is 126 cm³/mol. The van der Waals surface area contributed by atoms with Crippen LogP contribution in [0.25, 0.3) is 10.9 Å². The molecule has 2 aromatic rings. The van der Waals surface area contributed by atoms with Crippen molar-refractivity contribution in [2.45, 2.75) is 45.6 Å². The van der Waals surface area contributed by atoms with E-state index in [4.69, 9.17) is 0 Å². The number of rotatable bonds is 6. The van der Waals surface area contributed by atoms with E-state index in [2.05, 4.69) is 63.8 Å². The van der Waals surface area contributed by atoms with E-state index in [-0.39, 0.29) is 24.0 Å². The standard InChI is InChI=1S/C21H33N5.HI/c1-4-11-26-12-8-18(9-13-26)25-21(22-3)23-10-7-17-15-24-20-14-16(2)5-6-19(17)20;/h5-6,14-15,18,24H,4,7-13H2,1-3H3,(H2,22,23,25);1H. The van der Waals surface area contributed by atoms with Gasteiger partial charge in [0.15, 0.2) is 5.96 Å². The predicted octanol–water partition coefficient (Wildman–Crippen LogP) is 3.68. The first-order valence-corrected chi connectivity index (χ1v) is 9.95. The third-order valence-corrected chi connectivity index (χ3v) is 5.30. The number of aromatic amines is 1. The SMILES string of the molecule is CCCN1CCC(NC(=NC)NCCc2c[nH]c3cc(C)ccc23)CC1.I. The van der Waals surface area contributed by atoms with Crippen molar-refractivity contribution in [3.63, 3.8) is 0 Å². The maximum atomic E-state index is 4.40. The topological polar surface area (TPSA) is 55.4 Å². The number of likely N-dealkylation sites (tertiary alicyclic amines) is 1. The van der Waals surface area contributed by atoms with Gasteiger partial charge in [0.25, 0.3) is 0 Å². The summed E-state index contributed by atoms with van der Waals surface area (Å²) in [5, 5.41) is 8.40. The number of aromatic nitrogens is 1. The number of guanidine groups is 1. The van der Waals surface area contributed by atoms with Crippen LogP contribution in [-0.4, -0.2) is 55.1 Å². The van der Waals surface area contributed by atoms with E-state index in [1.54, 1.807) is 0 Å². The number of nitrogens with zero attached hydrogens (tertiary/aromatic N) is 2. The Morgan fingerprint density at radius 2 is 2.07 bits per heavy atom. The zero-order valence-corrected chi connectivity index (χ0v) is 19.2. The summed E-state index contributed by atoms with van der Waals surface area (Å²) < 4.78 is 0. The summed E-state index contributed by atoms with van der Waals surface area (Å²) >= 11 is 0. The Morgan fingerprint density at radius 3 is 2.78 bits per heavy atom. The van der Waals surface area contributed by atoms with Gasteiger partial charge in [0.2, 0.25) is 0 Å². The second kappa shape index (κ2) is 10.9. The average Bonchev–Trinajstić information content (AvgIpc) is 3.04. The lowest BCUT2D eigenvalue weighted by Gasteiger charge is -2.32. The van der Waals surface area contributed by atoms with Gasteiger partial charge in [-0.25, -0.2) is 0 Å². The Kier molecular flexibility index (Phi) is 8.89. The number of halogens is 1. The fraction of sp³-hybridized carbons (Fsp3) is 0.571. The molecule has 1 aromatic heterocycles. The van der Waals surface area contributed by atoms with Crippen LogP contribution in [0.3, 0.4) is 0 Å². The van der Waals surface area contributed by atoms with Crippen LogP contribution in [0.1, 0.15) is 37.3 Å². The first-order chi connectivity index (χ1) is 12.7. The normalized spacial score (nSPS) is 16.3. The number of benzene rings is 1. The first-order valence-electron chi connectivity index (χ1n) is 9.95. The van der Waals surface area contributed by atoms with E-state index in [1.807, 2.05) is 7.05 Å². The monoisotopic (exact) mass is 483 g/mol. The Bertz CT molecular complexity index is 731. The summed E-state index contributed by atoms with van der Waals surface area (Å²) in [7, 11) is 1.86. The van der Waals surface area contributed by atoms with E-state index >= 15 is 0 Å². The molecule has 1 fully saturated rings. The van der Waals surface area contributed by atoms with Crippen molar-refractivity contribution in [3.8, 4) is 0 Å². The van der Waals surface area contributed by atoms with Gasteiger partial charge in [-0.2, -0.15) is 0 Å². The molecule has 0 aliphatic carbocycles. The van der Waals surface area contributed by atoms with Crippen molar-refractivity contribution in [1.29, 1.82) is 0 Å². The summed E-state index contributed by atoms with van der Waals surface area (Å²) in [6.45, 7) is 8.88. The van der Waals surface area contributed by atoms with Crippen molar-refractivity contribution in [3.05, 3.63) is 35.5 Å². The molecule has 3 rings (SSSR count). The number of hydrogen-bond donors (Lipinski definition) is 3. The molecule has 3 N–H and O–H groups in total. The van der Waals surface area contributed by atoms with Gasteiger partial charge in [0.05, 0.1) is 0 Å². The molecule has 0 spiro atoms. The van der Waals surface area contributed by atoms with Crippen LogP contribution in [0, 0.1) is 6.92 Å². The number of piperidine rings is 1. The second-order valence-electron chi connectivity index (χ2n) is 7.37. The minimum atomic E-state index is 0. The summed E-state index contributed by atoms with van der Waals surface area (Å²) in [6, 6.07) is 7.13. The number of nitrogens with one attached hydrogen (secondary N) is 3. The van der Waals surface area contributed by atoms with Crippen LogP contribution in [0.15, 0.2) is 29.4 Å². The highest BCUT2D eigenvalue weighted by atomic mass is 127. The molecule has 150 valence electrons. The maximum Gasteiger partial charge on any atom is 0.191 e. The third kappa shape index (κ3) is 6.10. The molecule has 2 heterocycles. The van der Waals surface area contributed by atoms with Gasteiger partial charge in [-0.05, 0) is 56.3 Å². The molecular formula is C21H34IN5. The summed E-state index contributed by atoms with van der Waals surface area (Å²) in [5.41, 5.74) is 3.87. The zero-order chi connectivity index (χ0) is 18.4. The van der Waals surface area contributed by atoms with Crippen LogP contribution < -0.4 is 10.6 Å². The van der Waals surface area contributed by atoms with Gasteiger partial charge in [0, 0.05) is 49.8 Å². The van der Waals surface area contributed by atoms with E-state index in [0.717, 1.165) is 18.9 Å². The fourth-order valence-corrected chi connectivity index (χ4v) is 3.83. The molecular weight excluding hydrogens is 449 g/mol. The molecule has 1 aliphatic heterocycles. The van der Waals surface area contributed by atoms with Crippen LogP contribution in [0.5, 0.6) is 0 Å². The number of H-pyrrole nitrogens is 1. The highest BCUT2D eigenvalue weighted by Gasteiger charge is 2.19. The number of hydrogen-bond acceptors (Lipinski definition) is 2. The number of aliphatic imine (C=N–C) groups is 1. The van der Waals surface area contributed by atoms with Crippen LogP contribution >= 0.6 is 24.0 Å². The molecule has 0 atom stereocenters. The second-order valence-corrected chi connectivity index (χ2v) is 7.37. The van der Waals surface area contributed by atoms with Gasteiger partial charge in [-0.15, -0.1) is 24.0 Å². The van der Waals surface area contributed by atoms with E-state index in [1.165, 1.54) is 60.9 Å². The molecule has 1 aliphatic rings. The van der Waals surface area contributed by atoms with E-state index in [9.17, 15) is 0 Å². The molecule has 5 nitrogen and oxygen atoms in total. The largest absolute Gasteiger partial charge is 0.361 e. The molecule has 1 aromatic carbocycles. The van der Waals surface area contributed by atoms with E-state index < -0.39 is 0 Å². The van der Waals surface area contributed by atoms with Crippen molar-refractivity contribution in [2.24, 2.45) is 4.99 Å². The van der Waals surface area contributed by atoms with Gasteiger partial charge >= 0.3 is 0 Å². The highest BCUT2D eigenvalue weighted by Crippen LogP contribution is 2.19. The number of fused-ring (bicyclic) bond motifs is 1. The highest BCUT2D eigenvalue weighted by molar-refractivity contribution is 14.0. The van der Waals surface area contributed by atoms with Gasteiger partial charge in [-0.3, -0.25) is 4.99 Å². The Balaban J connectivity index is 0.00000261. The molecule has 0 unspecified atom stereocenters. The van der Waals surface area contributed by atoms with Crippen molar-refractivity contribution < 1.29 is 0 Å². The summed E-state index contributed by atoms with van der Waals surface area (Å²) in [4.78, 5) is 10.3. The third-order valence-electron chi connectivity index (χ3n) is 5.30. The molecule has 0 radical (unpaired) electrons. The molecule has 0 bridgehead atoms. The lowest BCUT2D eigenvalue weighted by Crippen LogP contribution is -2.49. The van der Waals surface area contributed by atoms with Crippen molar-refractivity contribution >= 4 is 40.8 Å². The summed E-state index contributed by atoms with van der Waals surface area (Å²) in [6.07, 6.45) is 6.75. The molecule has 1 saturated heterocycles. The minimum Gasteiger partial charge on any atom is -0.361 e. The quantitative estimate of drug-likeness (QED) is 0.334. The van der Waals surface area contributed by atoms with Crippen LogP contribution in [-0.2, 0) is 6.42 Å². The summed E-state index contributed by atoms with van der Waals surface area (Å²) in [5.74, 6) is 0.926. The lowest BCUT2D eigenvalue weighted by atomic mass is 10.1. The Morgan fingerprint density at radius 1 is 1.30 bits per heavy atom. The van der Waals surface area contributed by atoms with Crippen molar-refractivity contribution in [2.75, 3.05) is 33.2 Å². The van der Waals surface area contributed by atoms with Crippen LogP contribution in [0.4, 0.5) is 0 Å². The minimum absolute atomic E-state index is 0. The number of aryl methyl sites for hydroxylation is 1. The molecule has 0 saturated carbocycles. The first kappa shape index (κ1) is 22.0. The van der Waals surface area contributed by atoms with Gasteiger partial charge in [-0.1, -0.05) is 19.1 Å². The lowest BCUT2D eigenvalue weighted by molar-refractivity contribution is 0.206. The zero-order valence-electron chi connectivity index (χ0n) is 16.8. The van der Waals surface area contributed by atoms with E-state index in [0.29, 0.717) is 6.04 Å². The molecule has 6 heteroatoms. The average molecular weight is 483 g/mol. The maximum absolute atomic E-state index is 4.40. The van der Waals surface area contributed by atoms with Gasteiger partial charge in [0.1, 0.15) is 0 Å². The van der Waals surface area contributed by atoms with Crippen molar-refractivity contribution in [1.82, 2.24) is 20.5 Å².